The maximum atomic E-state index is 12.2. The van der Waals surface area contributed by atoms with Crippen LogP contribution in [-0.4, -0.2) is 35.0 Å². The lowest BCUT2D eigenvalue weighted by atomic mass is 9.88. The molecule has 5 heteroatoms. The number of anilines is 1. The van der Waals surface area contributed by atoms with Crippen LogP contribution in [0.5, 0.6) is 0 Å². The van der Waals surface area contributed by atoms with Gasteiger partial charge in [0.25, 0.3) is 0 Å². The Bertz CT molecular complexity index is 466. The number of nitrogens with one attached hydrogen (secondary N) is 1. The number of hydrogen-bond donors (Lipinski definition) is 2. The second-order valence-corrected chi connectivity index (χ2v) is 5.46. The van der Waals surface area contributed by atoms with Gasteiger partial charge in [-0.3, -0.25) is 4.98 Å². The van der Waals surface area contributed by atoms with Crippen molar-refractivity contribution in [1.82, 2.24) is 9.88 Å². The van der Waals surface area contributed by atoms with Crippen LogP contribution in [0, 0.1) is 5.92 Å². The minimum atomic E-state index is -0.0401. The van der Waals surface area contributed by atoms with E-state index in [0.29, 0.717) is 5.92 Å². The number of allylic oxidation sites excluding steroid dienone is 1. The third kappa shape index (κ3) is 4.56. The molecule has 114 valence electrons. The van der Waals surface area contributed by atoms with Crippen molar-refractivity contribution >= 4 is 11.7 Å². The number of pyridine rings is 1. The number of rotatable bonds is 4. The van der Waals surface area contributed by atoms with E-state index in [1.165, 1.54) is 0 Å². The fourth-order valence-corrected chi connectivity index (χ4v) is 2.65. The number of hydrogen-bond acceptors (Lipinski definition) is 3. The van der Waals surface area contributed by atoms with Crippen molar-refractivity contribution in [2.75, 3.05) is 18.4 Å². The van der Waals surface area contributed by atoms with Crippen molar-refractivity contribution in [2.24, 2.45) is 11.7 Å². The third-order valence-corrected chi connectivity index (χ3v) is 4.01. The molecule has 1 aliphatic heterocycles. The Hall–Kier alpha value is -1.88. The number of aromatic nitrogens is 1. The van der Waals surface area contributed by atoms with Crippen LogP contribution in [0.3, 0.4) is 0 Å². The highest BCUT2D eigenvalue weighted by atomic mass is 16.2. The van der Waals surface area contributed by atoms with E-state index in [2.05, 4.69) is 16.4 Å². The fraction of sp³-hybridized carbons (Fsp3) is 0.500. The normalized spacial score (nSPS) is 17.9. The van der Waals surface area contributed by atoms with Gasteiger partial charge in [0.05, 0.1) is 0 Å². The quantitative estimate of drug-likeness (QED) is 0.837. The molecule has 1 aliphatic rings. The minimum Gasteiger partial charge on any atom is -0.327 e. The Morgan fingerprint density at radius 2 is 2.14 bits per heavy atom. The van der Waals surface area contributed by atoms with E-state index >= 15 is 0 Å². The molecule has 2 heterocycles. The molecule has 1 aromatic heterocycles. The number of piperidine rings is 1. The second-order valence-electron chi connectivity index (χ2n) is 5.46. The number of carbonyl (C=O) groups excluding carboxylic acids is 1. The topological polar surface area (TPSA) is 71.2 Å². The number of urea groups is 1. The number of carbonyl (C=O) groups is 1. The van der Waals surface area contributed by atoms with Crippen molar-refractivity contribution in [3.63, 3.8) is 0 Å². The van der Waals surface area contributed by atoms with Crippen LogP contribution < -0.4 is 11.1 Å². The molecule has 1 saturated heterocycles. The van der Waals surface area contributed by atoms with E-state index < -0.39 is 0 Å². The van der Waals surface area contributed by atoms with Crippen LogP contribution in [0.4, 0.5) is 10.5 Å². The number of likely N-dealkylation sites (tertiary alicyclic amines) is 1. The van der Waals surface area contributed by atoms with E-state index in [1.54, 1.807) is 24.5 Å². The number of nitrogens with zero attached hydrogens (tertiary/aromatic N) is 2. The van der Waals surface area contributed by atoms with Crippen LogP contribution >= 0.6 is 0 Å². The number of nitrogens with two attached hydrogens (primary N) is 1. The van der Waals surface area contributed by atoms with Gasteiger partial charge in [0, 0.05) is 37.2 Å². The average Bonchev–Trinajstić information content (AvgIpc) is 2.53. The first-order valence-electron chi connectivity index (χ1n) is 7.53. The largest absolute Gasteiger partial charge is 0.327 e. The lowest BCUT2D eigenvalue weighted by molar-refractivity contribution is 0.174. The lowest BCUT2D eigenvalue weighted by Crippen LogP contribution is -2.44. The average molecular weight is 288 g/mol. The molecule has 1 aromatic rings. The van der Waals surface area contributed by atoms with Gasteiger partial charge in [0.2, 0.25) is 0 Å². The Balaban J connectivity index is 1.79. The molecule has 0 bridgehead atoms. The first-order chi connectivity index (χ1) is 10.2. The summed E-state index contributed by atoms with van der Waals surface area (Å²) < 4.78 is 0. The summed E-state index contributed by atoms with van der Waals surface area (Å²) in [5.74, 6) is 0.506. The molecule has 2 amide bonds. The van der Waals surface area contributed by atoms with Crippen LogP contribution in [0.1, 0.15) is 26.2 Å². The molecule has 1 fully saturated rings. The van der Waals surface area contributed by atoms with Gasteiger partial charge >= 0.3 is 6.03 Å². The lowest BCUT2D eigenvalue weighted by Gasteiger charge is -2.34. The maximum Gasteiger partial charge on any atom is 0.321 e. The molecule has 1 atom stereocenters. The van der Waals surface area contributed by atoms with E-state index in [9.17, 15) is 4.79 Å². The van der Waals surface area contributed by atoms with Crippen molar-refractivity contribution in [3.05, 3.63) is 36.7 Å². The van der Waals surface area contributed by atoms with Gasteiger partial charge < -0.3 is 16.0 Å². The molecule has 3 N–H and O–H groups in total. The van der Waals surface area contributed by atoms with E-state index in [1.807, 2.05) is 17.9 Å². The zero-order valence-corrected chi connectivity index (χ0v) is 12.5. The third-order valence-electron chi connectivity index (χ3n) is 4.01. The van der Waals surface area contributed by atoms with Crippen molar-refractivity contribution < 1.29 is 4.79 Å². The second kappa shape index (κ2) is 7.78. The van der Waals surface area contributed by atoms with Crippen molar-refractivity contribution in [1.29, 1.82) is 0 Å². The molecular weight excluding hydrogens is 264 g/mol. The highest BCUT2D eigenvalue weighted by molar-refractivity contribution is 5.89. The first kappa shape index (κ1) is 15.5. The first-order valence-corrected chi connectivity index (χ1v) is 7.53. The summed E-state index contributed by atoms with van der Waals surface area (Å²) in [7, 11) is 0. The van der Waals surface area contributed by atoms with Crippen molar-refractivity contribution in [2.45, 2.75) is 32.2 Å². The molecule has 0 saturated carbocycles. The Morgan fingerprint density at radius 3 is 2.76 bits per heavy atom. The van der Waals surface area contributed by atoms with Crippen LogP contribution in [0.2, 0.25) is 0 Å². The van der Waals surface area contributed by atoms with E-state index in [-0.39, 0.29) is 12.1 Å². The fourth-order valence-electron chi connectivity index (χ4n) is 2.65. The van der Waals surface area contributed by atoms with Gasteiger partial charge in [-0.25, -0.2) is 4.79 Å². The van der Waals surface area contributed by atoms with Crippen LogP contribution in [0.15, 0.2) is 36.7 Å². The molecule has 0 spiro atoms. The molecule has 21 heavy (non-hydrogen) atoms. The van der Waals surface area contributed by atoms with E-state index in [0.717, 1.165) is 38.0 Å². The Morgan fingerprint density at radius 1 is 1.48 bits per heavy atom. The number of amides is 2. The summed E-state index contributed by atoms with van der Waals surface area (Å²) in [6, 6.07) is 3.74. The van der Waals surface area contributed by atoms with Crippen molar-refractivity contribution in [3.8, 4) is 0 Å². The van der Waals surface area contributed by atoms with Gasteiger partial charge in [0.15, 0.2) is 0 Å². The predicted molar refractivity (Wildman–Crippen MR) is 85.0 cm³/mol. The highest BCUT2D eigenvalue weighted by Gasteiger charge is 2.26. The van der Waals surface area contributed by atoms with Gasteiger partial charge in [0.1, 0.15) is 0 Å². The van der Waals surface area contributed by atoms with Crippen LogP contribution in [-0.2, 0) is 0 Å². The highest BCUT2D eigenvalue weighted by Crippen LogP contribution is 2.22. The Kier molecular flexibility index (Phi) is 5.75. The van der Waals surface area contributed by atoms with Gasteiger partial charge in [-0.15, -0.1) is 0 Å². The maximum absolute atomic E-state index is 12.2. The molecule has 0 aromatic carbocycles. The summed E-state index contributed by atoms with van der Waals surface area (Å²) in [5, 5.41) is 2.89. The molecule has 2 rings (SSSR count). The summed E-state index contributed by atoms with van der Waals surface area (Å²) in [6.07, 6.45) is 10.4. The zero-order chi connectivity index (χ0) is 15.1. The van der Waals surface area contributed by atoms with Gasteiger partial charge in [-0.1, -0.05) is 12.2 Å². The molecule has 0 radical (unpaired) electrons. The van der Waals surface area contributed by atoms with Gasteiger partial charge in [-0.2, -0.15) is 0 Å². The summed E-state index contributed by atoms with van der Waals surface area (Å²) in [6.45, 7) is 3.55. The standard InChI is InChI=1S/C16H24N4O/c1-2-3-4-15(17)13-7-11-20(12-8-13)16(21)19-14-5-9-18-10-6-14/h2-3,5-6,9-10,13,15H,4,7-8,11-12,17H2,1H3,(H,18,19,21). The summed E-state index contributed by atoms with van der Waals surface area (Å²) in [4.78, 5) is 18.0. The van der Waals surface area contributed by atoms with Gasteiger partial charge in [-0.05, 0) is 44.2 Å². The van der Waals surface area contributed by atoms with Crippen LogP contribution in [0.25, 0.3) is 0 Å². The zero-order valence-electron chi connectivity index (χ0n) is 12.5. The summed E-state index contributed by atoms with van der Waals surface area (Å²) >= 11 is 0. The monoisotopic (exact) mass is 288 g/mol. The predicted octanol–water partition coefficient (Wildman–Crippen LogP) is 2.62. The molecular formula is C16H24N4O. The molecule has 1 unspecified atom stereocenters. The van der Waals surface area contributed by atoms with E-state index in [4.69, 9.17) is 5.73 Å². The Labute approximate surface area is 126 Å². The summed E-state index contributed by atoms with van der Waals surface area (Å²) in [5.41, 5.74) is 6.98. The SMILES string of the molecule is CC=CCC(N)C1CCN(C(=O)Nc2ccncc2)CC1. The smallest absolute Gasteiger partial charge is 0.321 e. The minimum absolute atomic E-state index is 0.0401. The molecule has 5 nitrogen and oxygen atoms in total. The molecule has 0 aliphatic carbocycles.